The molecule has 2 rings (SSSR count). The van der Waals surface area contributed by atoms with E-state index in [0.29, 0.717) is 5.69 Å². The Bertz CT molecular complexity index is 713. The second-order valence-electron chi connectivity index (χ2n) is 4.09. The van der Waals surface area contributed by atoms with Gasteiger partial charge in [0, 0.05) is 16.8 Å². The van der Waals surface area contributed by atoms with Crippen LogP contribution in [0, 0.1) is 0 Å². The predicted octanol–water partition coefficient (Wildman–Crippen LogP) is 2.42. The maximum Gasteiger partial charge on any atom is 0.242 e. The van der Waals surface area contributed by atoms with Crippen LogP contribution in [0.15, 0.2) is 29.3 Å². The number of anilines is 1. The highest BCUT2D eigenvalue weighted by Gasteiger charge is 2.18. The van der Waals surface area contributed by atoms with Gasteiger partial charge in [0.2, 0.25) is 10.0 Å². The van der Waals surface area contributed by atoms with Crippen molar-refractivity contribution in [2.24, 2.45) is 0 Å². The van der Waals surface area contributed by atoms with E-state index >= 15 is 0 Å². The van der Waals surface area contributed by atoms with Gasteiger partial charge in [-0.1, -0.05) is 18.5 Å². The molecule has 0 spiro atoms. The minimum Gasteiger partial charge on any atom is -0.399 e. The minimum atomic E-state index is -3.67. The first kappa shape index (κ1) is 15.2. The highest BCUT2D eigenvalue weighted by Crippen LogP contribution is 2.24. The first-order valence-corrected chi connectivity index (χ1v) is 8.58. The first-order chi connectivity index (χ1) is 9.42. The van der Waals surface area contributed by atoms with Gasteiger partial charge < -0.3 is 5.73 Å². The summed E-state index contributed by atoms with van der Waals surface area (Å²) in [6, 6.07) is 4.30. The smallest absolute Gasteiger partial charge is 0.242 e. The minimum absolute atomic E-state index is 0.0145. The molecule has 0 aliphatic heterocycles. The molecule has 20 heavy (non-hydrogen) atoms. The summed E-state index contributed by atoms with van der Waals surface area (Å²) >= 11 is 7.39. The van der Waals surface area contributed by atoms with Crippen LogP contribution in [-0.2, 0) is 23.0 Å². The zero-order valence-electron chi connectivity index (χ0n) is 10.8. The van der Waals surface area contributed by atoms with Crippen LogP contribution in [0.5, 0.6) is 0 Å². The van der Waals surface area contributed by atoms with Gasteiger partial charge in [-0.15, -0.1) is 11.3 Å². The van der Waals surface area contributed by atoms with E-state index in [1.165, 1.54) is 29.5 Å². The average molecular weight is 332 g/mol. The van der Waals surface area contributed by atoms with Crippen LogP contribution < -0.4 is 10.5 Å². The van der Waals surface area contributed by atoms with Crippen molar-refractivity contribution in [3.63, 3.8) is 0 Å². The fourth-order valence-electron chi connectivity index (χ4n) is 1.56. The van der Waals surface area contributed by atoms with Gasteiger partial charge in [-0.05, 0) is 24.6 Å². The van der Waals surface area contributed by atoms with E-state index in [9.17, 15) is 8.42 Å². The number of hydrogen-bond acceptors (Lipinski definition) is 5. The lowest BCUT2D eigenvalue weighted by atomic mass is 10.3. The zero-order chi connectivity index (χ0) is 14.8. The Morgan fingerprint density at radius 3 is 2.80 bits per heavy atom. The number of halogens is 1. The standard InChI is InChI=1S/C12H14ClN3O2S2/c1-2-9-6-15-12(19-9)7-16-20(17,18)11-4-3-8(14)5-10(11)13/h3-6,16H,2,7,14H2,1H3. The number of benzene rings is 1. The third-order valence-electron chi connectivity index (χ3n) is 2.61. The van der Waals surface area contributed by atoms with Crippen LogP contribution in [0.2, 0.25) is 5.02 Å². The molecule has 5 nitrogen and oxygen atoms in total. The number of nitrogens with two attached hydrogens (primary N) is 1. The Hall–Kier alpha value is -1.15. The van der Waals surface area contributed by atoms with Crippen LogP contribution in [-0.4, -0.2) is 13.4 Å². The lowest BCUT2D eigenvalue weighted by molar-refractivity contribution is 0.581. The van der Waals surface area contributed by atoms with E-state index in [1.54, 1.807) is 6.20 Å². The Morgan fingerprint density at radius 2 is 2.20 bits per heavy atom. The second kappa shape index (κ2) is 6.09. The van der Waals surface area contributed by atoms with Crippen LogP contribution in [0.25, 0.3) is 0 Å². The number of nitrogens with one attached hydrogen (secondary N) is 1. The number of nitrogen functional groups attached to an aromatic ring is 1. The van der Waals surface area contributed by atoms with Crippen LogP contribution >= 0.6 is 22.9 Å². The Balaban J connectivity index is 2.14. The molecule has 0 aliphatic rings. The van der Waals surface area contributed by atoms with E-state index in [2.05, 4.69) is 9.71 Å². The van der Waals surface area contributed by atoms with Gasteiger partial charge >= 0.3 is 0 Å². The lowest BCUT2D eigenvalue weighted by Crippen LogP contribution is -2.23. The number of nitrogens with zero attached hydrogens (tertiary/aromatic N) is 1. The van der Waals surface area contributed by atoms with Gasteiger partial charge in [-0.25, -0.2) is 18.1 Å². The van der Waals surface area contributed by atoms with Gasteiger partial charge in [0.25, 0.3) is 0 Å². The molecule has 0 saturated heterocycles. The number of aromatic nitrogens is 1. The van der Waals surface area contributed by atoms with Crippen molar-refractivity contribution in [2.75, 3.05) is 5.73 Å². The molecule has 3 N–H and O–H groups in total. The highest BCUT2D eigenvalue weighted by atomic mass is 35.5. The lowest BCUT2D eigenvalue weighted by Gasteiger charge is -2.07. The molecular weight excluding hydrogens is 318 g/mol. The molecule has 0 amide bonds. The summed E-state index contributed by atoms with van der Waals surface area (Å²) in [6.07, 6.45) is 2.64. The SMILES string of the molecule is CCc1cnc(CNS(=O)(=O)c2ccc(N)cc2Cl)s1. The molecule has 0 radical (unpaired) electrons. The molecular formula is C12H14ClN3O2S2. The molecule has 8 heteroatoms. The van der Waals surface area contributed by atoms with Crippen molar-refractivity contribution in [2.45, 2.75) is 24.8 Å². The topological polar surface area (TPSA) is 85.1 Å². The summed E-state index contributed by atoms with van der Waals surface area (Å²) in [5, 5.41) is 0.822. The van der Waals surface area contributed by atoms with Gasteiger partial charge in [0.05, 0.1) is 11.6 Å². The number of hydrogen-bond donors (Lipinski definition) is 2. The number of sulfonamides is 1. The number of rotatable bonds is 5. The van der Waals surface area contributed by atoms with Crippen molar-refractivity contribution >= 4 is 38.6 Å². The fraction of sp³-hybridized carbons (Fsp3) is 0.250. The van der Waals surface area contributed by atoms with Crippen molar-refractivity contribution in [1.82, 2.24) is 9.71 Å². The quantitative estimate of drug-likeness (QED) is 0.824. The molecule has 1 aromatic carbocycles. The summed E-state index contributed by atoms with van der Waals surface area (Å²) < 4.78 is 26.8. The van der Waals surface area contributed by atoms with E-state index in [-0.39, 0.29) is 16.5 Å². The largest absolute Gasteiger partial charge is 0.399 e. The molecule has 0 fully saturated rings. The van der Waals surface area contributed by atoms with Crippen LogP contribution in [0.1, 0.15) is 16.8 Å². The molecule has 2 aromatic rings. The van der Waals surface area contributed by atoms with Gasteiger partial charge in [0.15, 0.2) is 0 Å². The summed E-state index contributed by atoms with van der Waals surface area (Å²) in [4.78, 5) is 5.29. The Kier molecular flexibility index (Phi) is 4.64. The van der Waals surface area contributed by atoms with Crippen molar-refractivity contribution in [3.8, 4) is 0 Å². The van der Waals surface area contributed by atoms with Gasteiger partial charge in [-0.3, -0.25) is 0 Å². The monoisotopic (exact) mass is 331 g/mol. The maximum absolute atomic E-state index is 12.2. The van der Waals surface area contributed by atoms with E-state index in [4.69, 9.17) is 17.3 Å². The maximum atomic E-state index is 12.2. The number of aryl methyl sites for hydroxylation is 1. The number of thiazole rings is 1. The average Bonchev–Trinajstić information content (AvgIpc) is 2.84. The zero-order valence-corrected chi connectivity index (χ0v) is 13.1. The predicted molar refractivity (Wildman–Crippen MR) is 81.4 cm³/mol. The molecule has 108 valence electrons. The summed E-state index contributed by atoms with van der Waals surface area (Å²) in [5.41, 5.74) is 5.96. The van der Waals surface area contributed by atoms with Crippen LogP contribution in [0.3, 0.4) is 0 Å². The van der Waals surface area contributed by atoms with Crippen molar-refractivity contribution in [3.05, 3.63) is 39.3 Å². The van der Waals surface area contributed by atoms with Crippen molar-refractivity contribution < 1.29 is 8.42 Å². The van der Waals surface area contributed by atoms with Gasteiger partial charge in [-0.2, -0.15) is 0 Å². The Morgan fingerprint density at radius 1 is 1.45 bits per heavy atom. The summed E-state index contributed by atoms with van der Waals surface area (Å²) in [5.74, 6) is 0. The highest BCUT2D eigenvalue weighted by molar-refractivity contribution is 7.89. The van der Waals surface area contributed by atoms with E-state index < -0.39 is 10.0 Å². The molecule has 0 atom stereocenters. The van der Waals surface area contributed by atoms with E-state index in [0.717, 1.165) is 16.3 Å². The molecule has 1 heterocycles. The molecule has 0 bridgehead atoms. The molecule has 1 aromatic heterocycles. The normalized spacial score (nSPS) is 11.7. The third kappa shape index (κ3) is 3.49. The van der Waals surface area contributed by atoms with Crippen LogP contribution in [0.4, 0.5) is 5.69 Å². The van der Waals surface area contributed by atoms with E-state index in [1.807, 2.05) is 6.92 Å². The molecule has 0 unspecified atom stereocenters. The molecule has 0 saturated carbocycles. The summed E-state index contributed by atoms with van der Waals surface area (Å²) in [6.45, 7) is 2.17. The second-order valence-corrected chi connectivity index (χ2v) is 7.43. The van der Waals surface area contributed by atoms with Gasteiger partial charge in [0.1, 0.15) is 9.90 Å². The first-order valence-electron chi connectivity index (χ1n) is 5.90. The summed E-state index contributed by atoms with van der Waals surface area (Å²) in [7, 11) is -3.67. The third-order valence-corrected chi connectivity index (χ3v) is 5.63. The van der Waals surface area contributed by atoms with Crippen molar-refractivity contribution in [1.29, 1.82) is 0 Å². The molecule has 0 aliphatic carbocycles. The Labute approximate surface area is 126 Å². The fourth-order valence-corrected chi connectivity index (χ4v) is 4.00.